The van der Waals surface area contributed by atoms with Crippen LogP contribution in [0.2, 0.25) is 0 Å². The molecule has 5 heteroatoms. The van der Waals surface area contributed by atoms with Gasteiger partial charge in [-0.1, -0.05) is 12.1 Å². The number of aldehydes is 1. The SMILES string of the molecule is CCOCc1c(C=O)sc(-c2cccc(NC3CCNCC3)c2)c1C. The number of carbonyl (C=O) groups excluding carboxylic acids is 1. The number of hydrogen-bond donors (Lipinski definition) is 2. The Morgan fingerprint density at radius 2 is 2.16 bits per heavy atom. The van der Waals surface area contributed by atoms with E-state index in [-0.39, 0.29) is 0 Å². The Kier molecular flexibility index (Phi) is 6.24. The molecule has 0 radical (unpaired) electrons. The lowest BCUT2D eigenvalue weighted by Crippen LogP contribution is -2.35. The number of hydrogen-bond acceptors (Lipinski definition) is 5. The average Bonchev–Trinajstić information content (AvgIpc) is 2.97. The second-order valence-electron chi connectivity index (χ2n) is 6.40. The van der Waals surface area contributed by atoms with Crippen LogP contribution in [0, 0.1) is 6.92 Å². The third-order valence-corrected chi connectivity index (χ3v) is 6.00. The molecule has 0 bridgehead atoms. The van der Waals surface area contributed by atoms with Crippen LogP contribution in [0.1, 0.15) is 40.6 Å². The van der Waals surface area contributed by atoms with Crippen LogP contribution in [0.4, 0.5) is 5.69 Å². The van der Waals surface area contributed by atoms with Gasteiger partial charge in [0.05, 0.1) is 11.5 Å². The number of piperidine rings is 1. The number of benzene rings is 1. The summed E-state index contributed by atoms with van der Waals surface area (Å²) in [7, 11) is 0. The van der Waals surface area contributed by atoms with Gasteiger partial charge < -0.3 is 15.4 Å². The van der Waals surface area contributed by atoms with Gasteiger partial charge in [0.15, 0.2) is 6.29 Å². The van der Waals surface area contributed by atoms with E-state index in [0.29, 0.717) is 19.3 Å². The number of nitrogens with one attached hydrogen (secondary N) is 2. The van der Waals surface area contributed by atoms with Crippen molar-refractivity contribution in [2.75, 3.05) is 25.0 Å². The molecule has 0 unspecified atom stereocenters. The van der Waals surface area contributed by atoms with Gasteiger partial charge in [0, 0.05) is 28.8 Å². The molecule has 0 aliphatic carbocycles. The van der Waals surface area contributed by atoms with Crippen molar-refractivity contribution < 1.29 is 9.53 Å². The molecule has 134 valence electrons. The third-order valence-electron chi connectivity index (χ3n) is 4.69. The topological polar surface area (TPSA) is 50.4 Å². The summed E-state index contributed by atoms with van der Waals surface area (Å²) in [6.45, 7) is 7.35. The minimum Gasteiger partial charge on any atom is -0.382 e. The molecule has 0 amide bonds. The van der Waals surface area contributed by atoms with Gasteiger partial charge in [-0.05, 0) is 63.0 Å². The van der Waals surface area contributed by atoms with E-state index < -0.39 is 0 Å². The lowest BCUT2D eigenvalue weighted by Gasteiger charge is -2.24. The van der Waals surface area contributed by atoms with E-state index >= 15 is 0 Å². The van der Waals surface area contributed by atoms with E-state index in [9.17, 15) is 4.79 Å². The third kappa shape index (κ3) is 4.29. The molecule has 1 aliphatic rings. The highest BCUT2D eigenvalue weighted by atomic mass is 32.1. The number of ether oxygens (including phenoxy) is 1. The zero-order chi connectivity index (χ0) is 17.6. The molecule has 0 atom stereocenters. The Morgan fingerprint density at radius 3 is 2.88 bits per heavy atom. The highest BCUT2D eigenvalue weighted by Gasteiger charge is 2.17. The molecule has 1 aromatic heterocycles. The van der Waals surface area contributed by atoms with Crippen LogP contribution < -0.4 is 10.6 Å². The zero-order valence-electron chi connectivity index (χ0n) is 14.9. The maximum atomic E-state index is 11.5. The maximum Gasteiger partial charge on any atom is 0.160 e. The molecule has 25 heavy (non-hydrogen) atoms. The van der Waals surface area contributed by atoms with Crippen molar-refractivity contribution in [3.63, 3.8) is 0 Å². The molecule has 4 nitrogen and oxygen atoms in total. The van der Waals surface area contributed by atoms with Crippen molar-refractivity contribution in [2.45, 2.75) is 39.3 Å². The Hall–Kier alpha value is -1.69. The first-order valence-electron chi connectivity index (χ1n) is 8.95. The number of anilines is 1. The average molecular weight is 359 g/mol. The Bertz CT molecular complexity index is 720. The molecule has 1 aromatic carbocycles. The van der Waals surface area contributed by atoms with Gasteiger partial charge in [-0.3, -0.25) is 4.79 Å². The van der Waals surface area contributed by atoms with E-state index in [1.54, 1.807) is 11.3 Å². The normalized spacial score (nSPS) is 15.3. The predicted octanol–water partition coefficient (Wildman–Crippen LogP) is 4.24. The molecule has 2 heterocycles. The fourth-order valence-corrected chi connectivity index (χ4v) is 4.40. The minimum absolute atomic E-state index is 0.500. The van der Waals surface area contributed by atoms with E-state index in [0.717, 1.165) is 64.3 Å². The van der Waals surface area contributed by atoms with Gasteiger partial charge in [0.25, 0.3) is 0 Å². The van der Waals surface area contributed by atoms with Crippen LogP contribution in [-0.4, -0.2) is 32.0 Å². The maximum absolute atomic E-state index is 11.5. The standard InChI is InChI=1S/C20H26N2O2S/c1-3-24-13-18-14(2)20(25-19(18)12-23)15-5-4-6-17(11-15)22-16-7-9-21-10-8-16/h4-6,11-12,16,21-22H,3,7-10,13H2,1-2H3. The first-order chi connectivity index (χ1) is 12.2. The largest absolute Gasteiger partial charge is 0.382 e. The van der Waals surface area contributed by atoms with Crippen molar-refractivity contribution in [3.8, 4) is 10.4 Å². The Labute approximate surface area is 153 Å². The van der Waals surface area contributed by atoms with Gasteiger partial charge in [0.1, 0.15) is 0 Å². The van der Waals surface area contributed by atoms with Crippen molar-refractivity contribution in [1.29, 1.82) is 0 Å². The van der Waals surface area contributed by atoms with Crippen LogP contribution >= 0.6 is 11.3 Å². The van der Waals surface area contributed by atoms with Crippen molar-refractivity contribution in [1.82, 2.24) is 5.32 Å². The smallest absolute Gasteiger partial charge is 0.160 e. The molecule has 2 N–H and O–H groups in total. The fraction of sp³-hybridized carbons (Fsp3) is 0.450. The molecular formula is C20H26N2O2S. The van der Waals surface area contributed by atoms with Gasteiger partial charge in [-0.15, -0.1) is 11.3 Å². The van der Waals surface area contributed by atoms with Crippen LogP contribution in [0.5, 0.6) is 0 Å². The molecular weight excluding hydrogens is 332 g/mol. The summed E-state index contributed by atoms with van der Waals surface area (Å²) in [4.78, 5) is 13.4. The van der Waals surface area contributed by atoms with Gasteiger partial charge >= 0.3 is 0 Å². The summed E-state index contributed by atoms with van der Waals surface area (Å²) in [6, 6.07) is 9.04. The van der Waals surface area contributed by atoms with Crippen molar-refractivity contribution >= 4 is 23.3 Å². The van der Waals surface area contributed by atoms with Crippen LogP contribution in [0.15, 0.2) is 24.3 Å². The minimum atomic E-state index is 0.500. The van der Waals surface area contributed by atoms with Crippen LogP contribution in [0.3, 0.4) is 0 Å². The predicted molar refractivity (Wildman–Crippen MR) is 105 cm³/mol. The molecule has 1 aliphatic heterocycles. The molecule has 1 saturated heterocycles. The van der Waals surface area contributed by atoms with E-state index in [4.69, 9.17) is 4.74 Å². The van der Waals surface area contributed by atoms with E-state index in [2.05, 4.69) is 41.8 Å². The van der Waals surface area contributed by atoms with Gasteiger partial charge in [-0.2, -0.15) is 0 Å². The quantitative estimate of drug-likeness (QED) is 0.727. The zero-order valence-corrected chi connectivity index (χ0v) is 15.7. The molecule has 3 rings (SSSR count). The fourth-order valence-electron chi connectivity index (χ4n) is 3.28. The summed E-state index contributed by atoms with van der Waals surface area (Å²) < 4.78 is 5.55. The van der Waals surface area contributed by atoms with Crippen LogP contribution in [-0.2, 0) is 11.3 Å². The van der Waals surface area contributed by atoms with E-state index in [1.807, 2.05) is 6.92 Å². The number of carbonyl (C=O) groups is 1. The lowest BCUT2D eigenvalue weighted by atomic mass is 10.0. The second-order valence-corrected chi connectivity index (χ2v) is 7.46. The van der Waals surface area contributed by atoms with Crippen LogP contribution in [0.25, 0.3) is 10.4 Å². The lowest BCUT2D eigenvalue weighted by molar-refractivity contribution is 0.111. The number of rotatable bonds is 7. The summed E-state index contributed by atoms with van der Waals surface area (Å²) in [5.74, 6) is 0. The summed E-state index contributed by atoms with van der Waals surface area (Å²) in [5, 5.41) is 7.04. The number of thiophene rings is 1. The van der Waals surface area contributed by atoms with Gasteiger partial charge in [0.2, 0.25) is 0 Å². The molecule has 0 spiro atoms. The van der Waals surface area contributed by atoms with Crippen molar-refractivity contribution in [3.05, 3.63) is 40.3 Å². The summed E-state index contributed by atoms with van der Waals surface area (Å²) >= 11 is 1.56. The summed E-state index contributed by atoms with van der Waals surface area (Å²) in [5.41, 5.74) is 4.48. The second kappa shape index (κ2) is 8.61. The van der Waals surface area contributed by atoms with E-state index in [1.165, 1.54) is 0 Å². The highest BCUT2D eigenvalue weighted by Crippen LogP contribution is 2.37. The molecule has 0 saturated carbocycles. The summed E-state index contributed by atoms with van der Waals surface area (Å²) in [6.07, 6.45) is 3.25. The molecule has 1 fully saturated rings. The Morgan fingerprint density at radius 1 is 1.36 bits per heavy atom. The van der Waals surface area contributed by atoms with Crippen molar-refractivity contribution in [2.24, 2.45) is 0 Å². The highest BCUT2D eigenvalue weighted by molar-refractivity contribution is 7.17. The van der Waals surface area contributed by atoms with Gasteiger partial charge in [-0.25, -0.2) is 0 Å². The first-order valence-corrected chi connectivity index (χ1v) is 9.77. The Balaban J connectivity index is 1.85. The molecule has 2 aromatic rings. The monoisotopic (exact) mass is 358 g/mol. The first kappa shape index (κ1) is 18.1.